The average Bonchev–Trinajstić information content (AvgIpc) is 3.36. The maximum absolute atomic E-state index is 15.0. The van der Waals surface area contributed by atoms with Crippen molar-refractivity contribution >= 4 is 34.6 Å². The molecule has 226 valence electrons. The molecule has 6 heteroatoms. The lowest BCUT2D eigenvalue weighted by Gasteiger charge is -2.55. The second-order valence-electron chi connectivity index (χ2n) is 12.7. The number of carbonyl (C=O) groups is 4. The SMILES string of the molecule is O=C1C(c2ccccc2)=CC(=O)[C@@]2(c3ccccc3)[C@@H](c3ccc(O)cc3)C3=CC[C@@H]4C(=O)N(c5ccccc5)C(=O)[C@@H]4[C@@H]3C[C@@H]12. The normalized spacial score (nSPS) is 28.6. The van der Waals surface area contributed by atoms with E-state index in [-0.39, 0.29) is 35.6 Å². The third-order valence-electron chi connectivity index (χ3n) is 10.6. The lowest BCUT2D eigenvalue weighted by Crippen LogP contribution is -2.58. The van der Waals surface area contributed by atoms with Gasteiger partial charge in [0.25, 0.3) is 0 Å². The van der Waals surface area contributed by atoms with Crippen LogP contribution in [0, 0.1) is 23.7 Å². The molecule has 1 saturated heterocycles. The highest BCUT2D eigenvalue weighted by molar-refractivity contribution is 6.32. The van der Waals surface area contributed by atoms with Crippen molar-refractivity contribution in [1.29, 1.82) is 0 Å². The summed E-state index contributed by atoms with van der Waals surface area (Å²) in [5.74, 6) is -3.74. The summed E-state index contributed by atoms with van der Waals surface area (Å²) in [5.41, 5.74) is 2.71. The third-order valence-corrected chi connectivity index (χ3v) is 10.6. The number of benzene rings is 4. The fourth-order valence-corrected chi connectivity index (χ4v) is 8.75. The largest absolute Gasteiger partial charge is 0.508 e. The second kappa shape index (κ2) is 10.6. The Kier molecular flexibility index (Phi) is 6.50. The molecule has 6 atom stereocenters. The number of para-hydroxylation sites is 1. The first-order chi connectivity index (χ1) is 22.4. The number of hydrogen-bond acceptors (Lipinski definition) is 5. The Labute approximate surface area is 266 Å². The second-order valence-corrected chi connectivity index (χ2v) is 12.7. The van der Waals surface area contributed by atoms with E-state index in [1.807, 2.05) is 78.9 Å². The van der Waals surface area contributed by atoms with Gasteiger partial charge in [0, 0.05) is 17.4 Å². The highest BCUT2D eigenvalue weighted by Gasteiger charge is 2.65. The van der Waals surface area contributed by atoms with E-state index in [1.165, 1.54) is 11.0 Å². The lowest BCUT2D eigenvalue weighted by molar-refractivity contribution is -0.135. The van der Waals surface area contributed by atoms with Gasteiger partial charge in [0.1, 0.15) is 5.75 Å². The summed E-state index contributed by atoms with van der Waals surface area (Å²) in [6, 6.07) is 34.5. The monoisotopic (exact) mass is 605 g/mol. The van der Waals surface area contributed by atoms with Crippen LogP contribution in [0.5, 0.6) is 5.75 Å². The highest BCUT2D eigenvalue weighted by atomic mass is 16.3. The van der Waals surface area contributed by atoms with Crippen LogP contribution in [0.15, 0.2) is 133 Å². The van der Waals surface area contributed by atoms with Crippen molar-refractivity contribution in [1.82, 2.24) is 0 Å². The molecule has 1 heterocycles. The van der Waals surface area contributed by atoms with Crippen molar-refractivity contribution in [3.05, 3.63) is 150 Å². The van der Waals surface area contributed by atoms with Gasteiger partial charge >= 0.3 is 0 Å². The number of anilines is 1. The van der Waals surface area contributed by atoms with Gasteiger partial charge in [-0.25, -0.2) is 0 Å². The predicted molar refractivity (Wildman–Crippen MR) is 174 cm³/mol. The summed E-state index contributed by atoms with van der Waals surface area (Å²) >= 11 is 0. The number of allylic oxidation sites excluding steroid dienone is 4. The summed E-state index contributed by atoms with van der Waals surface area (Å²) in [6.07, 6.45) is 4.19. The van der Waals surface area contributed by atoms with Crippen LogP contribution in [-0.4, -0.2) is 28.5 Å². The average molecular weight is 606 g/mol. The highest BCUT2D eigenvalue weighted by Crippen LogP contribution is 2.63. The Bertz CT molecular complexity index is 1950. The van der Waals surface area contributed by atoms with Crippen LogP contribution < -0.4 is 4.90 Å². The quantitative estimate of drug-likeness (QED) is 0.214. The summed E-state index contributed by atoms with van der Waals surface area (Å²) in [4.78, 5) is 59.3. The Morgan fingerprint density at radius 3 is 2.00 bits per heavy atom. The first kappa shape index (κ1) is 28.1. The van der Waals surface area contributed by atoms with E-state index in [9.17, 15) is 24.3 Å². The van der Waals surface area contributed by atoms with Crippen molar-refractivity contribution in [2.45, 2.75) is 24.2 Å². The fraction of sp³-hybridized carbons (Fsp3) is 0.200. The molecule has 0 unspecified atom stereocenters. The molecule has 0 aromatic heterocycles. The Balaban J connectivity index is 1.36. The minimum atomic E-state index is -1.28. The molecule has 8 rings (SSSR count). The van der Waals surface area contributed by atoms with Crippen LogP contribution in [0.2, 0.25) is 0 Å². The van der Waals surface area contributed by atoms with Gasteiger partial charge in [-0.1, -0.05) is 103 Å². The first-order valence-electron chi connectivity index (χ1n) is 15.7. The zero-order valence-corrected chi connectivity index (χ0v) is 25.0. The molecule has 1 N–H and O–H groups in total. The van der Waals surface area contributed by atoms with Crippen molar-refractivity contribution in [3.8, 4) is 5.75 Å². The first-order valence-corrected chi connectivity index (χ1v) is 15.7. The van der Waals surface area contributed by atoms with E-state index >= 15 is 0 Å². The maximum atomic E-state index is 15.0. The van der Waals surface area contributed by atoms with Crippen molar-refractivity contribution < 1.29 is 24.3 Å². The number of phenols is 1. The smallest absolute Gasteiger partial charge is 0.238 e. The van der Waals surface area contributed by atoms with Gasteiger partial charge in [-0.05, 0) is 65.8 Å². The molecule has 4 aliphatic rings. The molecular weight excluding hydrogens is 574 g/mol. The number of carbonyl (C=O) groups excluding carboxylic acids is 4. The van der Waals surface area contributed by atoms with E-state index in [2.05, 4.69) is 6.08 Å². The minimum Gasteiger partial charge on any atom is -0.508 e. The van der Waals surface area contributed by atoms with Crippen LogP contribution in [0.25, 0.3) is 5.57 Å². The summed E-state index contributed by atoms with van der Waals surface area (Å²) in [7, 11) is 0. The number of amides is 2. The number of Topliss-reactive ketones (excluding diaryl/α,β-unsaturated/α-hetero) is 1. The molecule has 46 heavy (non-hydrogen) atoms. The number of imide groups is 1. The number of fused-ring (bicyclic) bond motifs is 4. The molecule has 0 spiro atoms. The van der Waals surface area contributed by atoms with Gasteiger partial charge in [-0.2, -0.15) is 0 Å². The molecule has 1 aliphatic heterocycles. The standard InChI is InChI=1S/C40H31NO5/c42-28-18-16-25(17-19-28)36-29-20-21-30-35(39(46)41(38(30)45)27-14-8-3-9-15-27)32(29)22-33-37(44)31(24-10-4-1-5-11-24)23-34(43)40(33,36)26-12-6-2-7-13-26/h1-20,23,30,32-33,35-36,42H,21-22H2/t30-,32+,33-,35-,36-,40-/m0/s1. The molecule has 3 aliphatic carbocycles. The summed E-state index contributed by atoms with van der Waals surface area (Å²) < 4.78 is 0. The van der Waals surface area contributed by atoms with Crippen LogP contribution in [0.1, 0.15) is 35.4 Å². The number of aromatic hydroxyl groups is 1. The van der Waals surface area contributed by atoms with Crippen LogP contribution in [0.3, 0.4) is 0 Å². The summed E-state index contributed by atoms with van der Waals surface area (Å²) in [6.45, 7) is 0. The lowest BCUT2D eigenvalue weighted by atomic mass is 9.44. The Hall–Kier alpha value is -5.36. The van der Waals surface area contributed by atoms with E-state index in [4.69, 9.17) is 0 Å². The number of ketones is 2. The number of nitrogens with zero attached hydrogens (tertiary/aromatic N) is 1. The number of rotatable bonds is 4. The summed E-state index contributed by atoms with van der Waals surface area (Å²) in [5, 5.41) is 10.2. The van der Waals surface area contributed by atoms with Gasteiger partial charge < -0.3 is 5.11 Å². The van der Waals surface area contributed by atoms with E-state index < -0.39 is 35.0 Å². The van der Waals surface area contributed by atoms with E-state index in [0.29, 0.717) is 23.2 Å². The molecule has 2 amide bonds. The number of phenolic OH excluding ortho intramolecular Hbond substituents is 1. The molecule has 2 fully saturated rings. The number of hydrogen-bond donors (Lipinski definition) is 1. The molecular formula is C40H31NO5. The zero-order valence-electron chi connectivity index (χ0n) is 25.0. The molecule has 4 aromatic carbocycles. The Morgan fingerprint density at radius 1 is 0.696 bits per heavy atom. The van der Waals surface area contributed by atoms with Gasteiger partial charge in [0.15, 0.2) is 11.6 Å². The minimum absolute atomic E-state index is 0.0893. The topological polar surface area (TPSA) is 91.8 Å². The zero-order chi connectivity index (χ0) is 31.6. The molecule has 6 nitrogen and oxygen atoms in total. The Morgan fingerprint density at radius 2 is 1.33 bits per heavy atom. The molecule has 4 aromatic rings. The fourth-order valence-electron chi connectivity index (χ4n) is 8.75. The van der Waals surface area contributed by atoms with Crippen LogP contribution in [0.4, 0.5) is 5.69 Å². The van der Waals surface area contributed by atoms with Gasteiger partial charge in [-0.3, -0.25) is 24.1 Å². The van der Waals surface area contributed by atoms with Gasteiger partial charge in [0.2, 0.25) is 11.8 Å². The molecule has 0 bridgehead atoms. The molecule has 0 radical (unpaired) electrons. The van der Waals surface area contributed by atoms with Crippen molar-refractivity contribution in [2.24, 2.45) is 23.7 Å². The van der Waals surface area contributed by atoms with Gasteiger partial charge in [0.05, 0.1) is 22.9 Å². The maximum Gasteiger partial charge on any atom is 0.238 e. The van der Waals surface area contributed by atoms with Crippen LogP contribution in [-0.2, 0) is 24.6 Å². The third kappa shape index (κ3) is 3.96. The molecule has 1 saturated carbocycles. The van der Waals surface area contributed by atoms with Crippen molar-refractivity contribution in [3.63, 3.8) is 0 Å². The predicted octanol–water partition coefficient (Wildman–Crippen LogP) is 6.42. The van der Waals surface area contributed by atoms with Crippen molar-refractivity contribution in [2.75, 3.05) is 4.90 Å². The van der Waals surface area contributed by atoms with Crippen LogP contribution >= 0.6 is 0 Å². The van der Waals surface area contributed by atoms with E-state index in [1.54, 1.807) is 36.4 Å². The van der Waals surface area contributed by atoms with E-state index in [0.717, 1.165) is 16.7 Å². The van der Waals surface area contributed by atoms with Gasteiger partial charge in [-0.15, -0.1) is 0 Å².